The Bertz CT molecular complexity index is 654. The van der Waals surface area contributed by atoms with Crippen LogP contribution in [0.25, 0.3) is 0 Å². The third-order valence-electron chi connectivity index (χ3n) is 2.76. The van der Waals surface area contributed by atoms with Gasteiger partial charge >= 0.3 is 0 Å². The van der Waals surface area contributed by atoms with E-state index in [0.29, 0.717) is 5.56 Å². The highest BCUT2D eigenvalue weighted by Crippen LogP contribution is 2.33. The van der Waals surface area contributed by atoms with E-state index in [-0.39, 0.29) is 29.2 Å². The van der Waals surface area contributed by atoms with Crippen molar-refractivity contribution in [2.24, 2.45) is 0 Å². The van der Waals surface area contributed by atoms with Crippen LogP contribution in [0.4, 0.5) is 0 Å². The summed E-state index contributed by atoms with van der Waals surface area (Å²) in [5.74, 6) is -2.69. The van der Waals surface area contributed by atoms with Gasteiger partial charge in [-0.3, -0.25) is 4.79 Å². The Kier molecular flexibility index (Phi) is 3.39. The molecule has 20 heavy (non-hydrogen) atoms. The Morgan fingerprint density at radius 1 is 0.800 bits per heavy atom. The summed E-state index contributed by atoms with van der Waals surface area (Å²) in [6.07, 6.45) is -0.195. The molecule has 5 N–H and O–H groups in total. The molecule has 0 unspecified atom stereocenters. The summed E-state index contributed by atoms with van der Waals surface area (Å²) < 4.78 is 0. The number of Topliss-reactive ketones (excluding diaryl/α,β-unsaturated/α-hetero) is 1. The van der Waals surface area contributed by atoms with Crippen molar-refractivity contribution < 1.29 is 30.3 Å². The van der Waals surface area contributed by atoms with Gasteiger partial charge in [0, 0.05) is 18.6 Å². The fourth-order valence-corrected chi connectivity index (χ4v) is 1.84. The summed E-state index contributed by atoms with van der Waals surface area (Å²) >= 11 is 0. The molecule has 0 atom stereocenters. The Balaban J connectivity index is 2.31. The lowest BCUT2D eigenvalue weighted by Crippen LogP contribution is -2.04. The summed E-state index contributed by atoms with van der Waals surface area (Å²) in [6.45, 7) is 0. The quantitative estimate of drug-likeness (QED) is 0.429. The van der Waals surface area contributed by atoms with Crippen LogP contribution in [-0.4, -0.2) is 31.3 Å². The summed E-state index contributed by atoms with van der Waals surface area (Å²) in [4.78, 5) is 12.0. The lowest BCUT2D eigenvalue weighted by Gasteiger charge is -2.08. The number of hydrogen-bond donors (Lipinski definition) is 5. The topological polar surface area (TPSA) is 118 Å². The highest BCUT2D eigenvalue weighted by atomic mass is 16.3. The number of aromatic hydroxyl groups is 5. The number of ketones is 1. The minimum Gasteiger partial charge on any atom is -0.508 e. The van der Waals surface area contributed by atoms with Crippen LogP contribution in [0.3, 0.4) is 0 Å². The van der Waals surface area contributed by atoms with Crippen LogP contribution >= 0.6 is 0 Å². The molecule has 0 amide bonds. The summed E-state index contributed by atoms with van der Waals surface area (Å²) in [5, 5.41) is 46.8. The maximum Gasteiger partial charge on any atom is 0.174 e. The van der Waals surface area contributed by atoms with Gasteiger partial charge < -0.3 is 25.5 Å². The number of carbonyl (C=O) groups excluding carboxylic acids is 1. The fourth-order valence-electron chi connectivity index (χ4n) is 1.84. The van der Waals surface area contributed by atoms with E-state index in [1.807, 2.05) is 0 Å². The van der Waals surface area contributed by atoms with Gasteiger partial charge in [-0.25, -0.2) is 0 Å². The largest absolute Gasteiger partial charge is 0.508 e. The predicted octanol–water partition coefficient (Wildman–Crippen LogP) is 1.64. The number of rotatable bonds is 3. The third kappa shape index (κ3) is 2.59. The monoisotopic (exact) mass is 276 g/mol. The van der Waals surface area contributed by atoms with Gasteiger partial charge in [0.05, 0.1) is 0 Å². The van der Waals surface area contributed by atoms with Crippen molar-refractivity contribution in [3.05, 3.63) is 41.5 Å². The maximum absolute atomic E-state index is 12.0. The highest BCUT2D eigenvalue weighted by Gasteiger charge is 2.18. The van der Waals surface area contributed by atoms with Crippen molar-refractivity contribution in [2.75, 3.05) is 0 Å². The highest BCUT2D eigenvalue weighted by molar-refractivity contribution is 6.02. The van der Waals surface area contributed by atoms with Gasteiger partial charge in [-0.1, -0.05) is 6.07 Å². The van der Waals surface area contributed by atoms with Gasteiger partial charge in [0.15, 0.2) is 17.3 Å². The van der Waals surface area contributed by atoms with Gasteiger partial charge in [-0.2, -0.15) is 0 Å². The van der Waals surface area contributed by atoms with Crippen LogP contribution in [0, 0.1) is 0 Å². The van der Waals surface area contributed by atoms with Crippen molar-refractivity contribution >= 4 is 5.78 Å². The van der Waals surface area contributed by atoms with Gasteiger partial charge in [-0.05, 0) is 17.7 Å². The maximum atomic E-state index is 12.0. The molecule has 2 aromatic rings. The van der Waals surface area contributed by atoms with Crippen LogP contribution < -0.4 is 0 Å². The zero-order valence-corrected chi connectivity index (χ0v) is 10.2. The minimum atomic E-state index is -0.593. The molecule has 0 radical (unpaired) electrons. The third-order valence-corrected chi connectivity index (χ3v) is 2.76. The molecule has 0 aliphatic carbocycles. The summed E-state index contributed by atoms with van der Waals surface area (Å²) in [6, 6.07) is 5.76. The molecule has 6 nitrogen and oxygen atoms in total. The SMILES string of the molecule is O=C(Cc1ccc(O)c(O)c1)c1c(O)cc(O)cc1O. The molecule has 2 rings (SSSR count). The van der Waals surface area contributed by atoms with Gasteiger partial charge in [0.2, 0.25) is 0 Å². The van der Waals surface area contributed by atoms with E-state index in [1.165, 1.54) is 18.2 Å². The molecule has 0 fully saturated rings. The van der Waals surface area contributed by atoms with Crippen LogP contribution in [-0.2, 0) is 6.42 Å². The van der Waals surface area contributed by atoms with E-state index in [1.54, 1.807) is 0 Å². The molecular weight excluding hydrogens is 264 g/mol. The van der Waals surface area contributed by atoms with Crippen molar-refractivity contribution in [1.29, 1.82) is 0 Å². The first-order valence-electron chi connectivity index (χ1n) is 5.67. The van der Waals surface area contributed by atoms with E-state index in [4.69, 9.17) is 5.11 Å². The number of phenolic OH excluding ortho intramolecular Hbond substituents is 5. The molecule has 0 aliphatic rings. The van der Waals surface area contributed by atoms with E-state index < -0.39 is 17.3 Å². The van der Waals surface area contributed by atoms with E-state index in [2.05, 4.69) is 0 Å². The molecule has 0 aromatic heterocycles. The van der Waals surface area contributed by atoms with Gasteiger partial charge in [0.25, 0.3) is 0 Å². The smallest absolute Gasteiger partial charge is 0.174 e. The normalized spacial score (nSPS) is 10.4. The number of benzene rings is 2. The molecule has 6 heteroatoms. The van der Waals surface area contributed by atoms with Crippen LogP contribution in [0.5, 0.6) is 28.7 Å². The second kappa shape index (κ2) is 5.00. The van der Waals surface area contributed by atoms with Gasteiger partial charge in [-0.15, -0.1) is 0 Å². The molecule has 2 aromatic carbocycles. The standard InChI is InChI=1S/C14H12O6/c15-8-5-12(19)14(13(20)6-8)11(18)4-7-1-2-9(16)10(17)3-7/h1-3,5-6,15-17,19-20H,4H2. The number of carbonyl (C=O) groups is 1. The van der Waals surface area contributed by atoms with Crippen LogP contribution in [0.1, 0.15) is 15.9 Å². The average molecular weight is 276 g/mol. The molecular formula is C14H12O6. The van der Waals surface area contributed by atoms with Crippen molar-refractivity contribution in [3.8, 4) is 28.7 Å². The first kappa shape index (κ1) is 13.5. The fraction of sp³-hybridized carbons (Fsp3) is 0.0714. The zero-order valence-electron chi connectivity index (χ0n) is 10.2. The molecule has 0 aliphatic heterocycles. The zero-order chi connectivity index (χ0) is 14.9. The van der Waals surface area contributed by atoms with Crippen LogP contribution in [0.2, 0.25) is 0 Å². The van der Waals surface area contributed by atoms with E-state index in [0.717, 1.165) is 12.1 Å². The Labute approximate surface area is 113 Å². The second-order valence-electron chi connectivity index (χ2n) is 4.28. The lowest BCUT2D eigenvalue weighted by atomic mass is 10.0. The number of hydrogen-bond acceptors (Lipinski definition) is 6. The van der Waals surface area contributed by atoms with Crippen LogP contribution in [0.15, 0.2) is 30.3 Å². The summed E-state index contributed by atoms with van der Waals surface area (Å²) in [5.41, 5.74) is 0.0903. The minimum absolute atomic E-state index is 0.195. The Hall–Kier alpha value is -2.89. The van der Waals surface area contributed by atoms with Gasteiger partial charge in [0.1, 0.15) is 22.8 Å². The molecule has 104 valence electrons. The molecule has 0 heterocycles. The molecule has 0 bridgehead atoms. The van der Waals surface area contributed by atoms with Crippen molar-refractivity contribution in [2.45, 2.75) is 6.42 Å². The predicted molar refractivity (Wildman–Crippen MR) is 69.2 cm³/mol. The Morgan fingerprint density at radius 2 is 1.40 bits per heavy atom. The average Bonchev–Trinajstić information content (AvgIpc) is 2.32. The molecule has 0 saturated carbocycles. The first-order valence-corrected chi connectivity index (χ1v) is 5.67. The summed E-state index contributed by atoms with van der Waals surface area (Å²) in [7, 11) is 0. The van der Waals surface area contributed by atoms with Crippen molar-refractivity contribution in [3.63, 3.8) is 0 Å². The van der Waals surface area contributed by atoms with E-state index >= 15 is 0 Å². The Morgan fingerprint density at radius 3 is 1.95 bits per heavy atom. The lowest BCUT2D eigenvalue weighted by molar-refractivity contribution is 0.0987. The first-order chi connectivity index (χ1) is 9.38. The molecule has 0 spiro atoms. The second-order valence-corrected chi connectivity index (χ2v) is 4.28. The molecule has 0 saturated heterocycles. The van der Waals surface area contributed by atoms with Crippen molar-refractivity contribution in [1.82, 2.24) is 0 Å². The van der Waals surface area contributed by atoms with E-state index in [9.17, 15) is 25.2 Å². The number of phenols is 5.